The fourth-order valence-corrected chi connectivity index (χ4v) is 3.21. The van der Waals surface area contributed by atoms with Crippen molar-refractivity contribution in [1.82, 2.24) is 4.57 Å². The quantitative estimate of drug-likeness (QED) is 0.458. The first-order chi connectivity index (χ1) is 14.4. The van der Waals surface area contributed by atoms with Crippen LogP contribution in [0.1, 0.15) is 11.1 Å². The van der Waals surface area contributed by atoms with E-state index in [2.05, 4.69) is 4.99 Å². The van der Waals surface area contributed by atoms with E-state index in [1.807, 2.05) is 0 Å². The van der Waals surface area contributed by atoms with Crippen molar-refractivity contribution in [2.75, 3.05) is 0 Å². The van der Waals surface area contributed by atoms with Gasteiger partial charge < -0.3 is 5.11 Å². The van der Waals surface area contributed by atoms with Gasteiger partial charge in [-0.3, -0.25) is 9.79 Å². The van der Waals surface area contributed by atoms with E-state index in [0.29, 0.717) is 16.5 Å². The van der Waals surface area contributed by atoms with Gasteiger partial charge in [-0.25, -0.2) is 4.57 Å². The molecular weight excluding hydrogens is 393 g/mol. The second-order valence-corrected chi connectivity index (χ2v) is 6.57. The van der Waals surface area contributed by atoms with Crippen LogP contribution in [0.4, 0.5) is 18.9 Å². The van der Waals surface area contributed by atoms with Gasteiger partial charge in [0.05, 0.1) is 22.5 Å². The van der Waals surface area contributed by atoms with Gasteiger partial charge in [0.1, 0.15) is 0 Å². The number of aromatic nitrogens is 1. The summed E-state index contributed by atoms with van der Waals surface area (Å²) in [6.07, 6.45) is -3.22. The highest BCUT2D eigenvalue weighted by molar-refractivity contribution is 6.02. The number of aliphatic imine (C=N–C) groups is 1. The third kappa shape index (κ3) is 3.57. The molecule has 0 saturated heterocycles. The maximum atomic E-state index is 13.0. The van der Waals surface area contributed by atoms with Crippen LogP contribution in [0.5, 0.6) is 5.88 Å². The predicted molar refractivity (Wildman–Crippen MR) is 110 cm³/mol. The van der Waals surface area contributed by atoms with E-state index in [4.69, 9.17) is 0 Å². The van der Waals surface area contributed by atoms with Gasteiger partial charge in [-0.05, 0) is 36.4 Å². The highest BCUT2D eigenvalue weighted by Gasteiger charge is 2.30. The Labute approximate surface area is 169 Å². The summed E-state index contributed by atoms with van der Waals surface area (Å²) in [7, 11) is 0. The Bertz CT molecular complexity index is 1310. The summed E-state index contributed by atoms with van der Waals surface area (Å²) in [5.74, 6) is -0.347. The minimum absolute atomic E-state index is 0.0748. The molecule has 1 heterocycles. The Morgan fingerprint density at radius 3 is 2.23 bits per heavy atom. The number of hydrogen-bond acceptors (Lipinski definition) is 3. The number of hydrogen-bond donors (Lipinski definition) is 1. The van der Waals surface area contributed by atoms with Crippen LogP contribution in [0.3, 0.4) is 0 Å². The minimum atomic E-state index is -4.49. The zero-order chi connectivity index (χ0) is 21.3. The van der Waals surface area contributed by atoms with Gasteiger partial charge in [0.2, 0.25) is 5.88 Å². The summed E-state index contributed by atoms with van der Waals surface area (Å²) in [4.78, 5) is 17.1. The molecule has 3 aromatic carbocycles. The Morgan fingerprint density at radius 2 is 1.53 bits per heavy atom. The van der Waals surface area contributed by atoms with Crippen LogP contribution in [0.15, 0.2) is 88.6 Å². The number of para-hydroxylation sites is 1. The highest BCUT2D eigenvalue weighted by Crippen LogP contribution is 2.32. The Hall–Kier alpha value is -3.87. The SMILES string of the molecule is O=c1c2ccccc2c(C=Nc2cccc(C(F)(F)F)c2)c(O)n1-c1ccccc1. The van der Waals surface area contributed by atoms with E-state index in [1.165, 1.54) is 18.3 Å². The lowest BCUT2D eigenvalue weighted by Crippen LogP contribution is -2.20. The van der Waals surface area contributed by atoms with Crippen LogP contribution >= 0.6 is 0 Å². The molecular formula is C23H15F3N2O2. The maximum absolute atomic E-state index is 13.0. The second-order valence-electron chi connectivity index (χ2n) is 6.57. The standard InChI is InChI=1S/C23H15F3N2O2/c24-23(25,26)15-7-6-8-16(13-15)27-14-20-18-11-4-5-12-19(18)21(29)28(22(20)30)17-9-2-1-3-10-17/h1-14,30H. The van der Waals surface area contributed by atoms with Crippen LogP contribution in [0, 0.1) is 0 Å². The minimum Gasteiger partial charge on any atom is -0.494 e. The summed E-state index contributed by atoms with van der Waals surface area (Å²) in [6, 6.07) is 19.8. The molecule has 1 aromatic heterocycles. The molecule has 4 aromatic rings. The van der Waals surface area contributed by atoms with E-state index < -0.39 is 17.3 Å². The highest BCUT2D eigenvalue weighted by atomic mass is 19.4. The van der Waals surface area contributed by atoms with Crippen molar-refractivity contribution in [3.05, 3.63) is 100 Å². The van der Waals surface area contributed by atoms with E-state index in [1.54, 1.807) is 54.6 Å². The number of benzene rings is 3. The van der Waals surface area contributed by atoms with Crippen LogP contribution in [0.25, 0.3) is 16.5 Å². The van der Waals surface area contributed by atoms with Crippen molar-refractivity contribution >= 4 is 22.7 Å². The molecule has 0 amide bonds. The van der Waals surface area contributed by atoms with Crippen molar-refractivity contribution in [1.29, 1.82) is 0 Å². The predicted octanol–water partition coefficient (Wildman–Crippen LogP) is 5.47. The molecule has 30 heavy (non-hydrogen) atoms. The van der Waals surface area contributed by atoms with Gasteiger partial charge in [0.25, 0.3) is 5.56 Å². The number of rotatable bonds is 3. The van der Waals surface area contributed by atoms with E-state index in [-0.39, 0.29) is 17.1 Å². The number of fused-ring (bicyclic) bond motifs is 1. The van der Waals surface area contributed by atoms with Gasteiger partial charge in [-0.15, -0.1) is 0 Å². The third-order valence-electron chi connectivity index (χ3n) is 4.63. The average Bonchev–Trinajstić information content (AvgIpc) is 2.74. The van der Waals surface area contributed by atoms with Crippen LogP contribution in [0.2, 0.25) is 0 Å². The average molecular weight is 408 g/mol. The van der Waals surface area contributed by atoms with Gasteiger partial charge in [0.15, 0.2) is 0 Å². The smallest absolute Gasteiger partial charge is 0.416 e. The molecule has 1 N–H and O–H groups in total. The van der Waals surface area contributed by atoms with Crippen molar-refractivity contribution in [3.8, 4) is 11.6 Å². The number of alkyl halides is 3. The van der Waals surface area contributed by atoms with E-state index in [0.717, 1.165) is 16.7 Å². The van der Waals surface area contributed by atoms with Crippen molar-refractivity contribution in [2.24, 2.45) is 4.99 Å². The molecule has 0 aliphatic carbocycles. The van der Waals surface area contributed by atoms with E-state index >= 15 is 0 Å². The van der Waals surface area contributed by atoms with Gasteiger partial charge >= 0.3 is 6.18 Å². The largest absolute Gasteiger partial charge is 0.494 e. The summed E-state index contributed by atoms with van der Waals surface area (Å²) in [5.41, 5.74) is -0.470. The Kier molecular flexibility index (Phi) is 4.87. The molecule has 7 heteroatoms. The van der Waals surface area contributed by atoms with Gasteiger partial charge in [-0.1, -0.05) is 42.5 Å². The first kappa shape index (κ1) is 19.4. The lowest BCUT2D eigenvalue weighted by atomic mass is 10.1. The molecule has 0 bridgehead atoms. The molecule has 4 nitrogen and oxygen atoms in total. The molecule has 0 atom stereocenters. The van der Waals surface area contributed by atoms with Crippen LogP contribution in [-0.4, -0.2) is 15.9 Å². The molecule has 0 fully saturated rings. The molecule has 0 aliphatic heterocycles. The number of aromatic hydroxyl groups is 1. The van der Waals surface area contributed by atoms with Gasteiger partial charge in [-0.2, -0.15) is 13.2 Å². The molecule has 0 radical (unpaired) electrons. The molecule has 4 rings (SSSR count). The first-order valence-electron chi connectivity index (χ1n) is 9.00. The third-order valence-corrected chi connectivity index (χ3v) is 4.63. The maximum Gasteiger partial charge on any atom is 0.416 e. The molecule has 0 aliphatic rings. The number of pyridine rings is 1. The molecule has 0 spiro atoms. The van der Waals surface area contributed by atoms with Crippen molar-refractivity contribution in [3.63, 3.8) is 0 Å². The molecule has 0 unspecified atom stereocenters. The van der Waals surface area contributed by atoms with Gasteiger partial charge in [0, 0.05) is 17.0 Å². The molecule has 0 saturated carbocycles. The van der Waals surface area contributed by atoms with Crippen LogP contribution in [-0.2, 0) is 6.18 Å². The number of nitrogens with zero attached hydrogens (tertiary/aromatic N) is 2. The second kappa shape index (κ2) is 7.51. The van der Waals surface area contributed by atoms with E-state index in [9.17, 15) is 23.1 Å². The fourth-order valence-electron chi connectivity index (χ4n) is 3.21. The molecule has 150 valence electrons. The first-order valence-corrected chi connectivity index (χ1v) is 9.00. The normalized spacial score (nSPS) is 12.0. The summed E-state index contributed by atoms with van der Waals surface area (Å²) < 4.78 is 40.0. The fraction of sp³-hybridized carbons (Fsp3) is 0.0435. The van der Waals surface area contributed by atoms with Crippen molar-refractivity contribution < 1.29 is 18.3 Å². The monoisotopic (exact) mass is 408 g/mol. The number of halogens is 3. The van der Waals surface area contributed by atoms with Crippen molar-refractivity contribution in [2.45, 2.75) is 6.18 Å². The summed E-state index contributed by atoms with van der Waals surface area (Å²) in [5, 5.41) is 11.7. The Balaban J connectivity index is 1.91. The summed E-state index contributed by atoms with van der Waals surface area (Å²) in [6.45, 7) is 0. The lowest BCUT2D eigenvalue weighted by molar-refractivity contribution is -0.137. The Morgan fingerprint density at radius 1 is 0.867 bits per heavy atom. The summed E-state index contributed by atoms with van der Waals surface area (Å²) >= 11 is 0. The zero-order valence-electron chi connectivity index (χ0n) is 15.5. The zero-order valence-corrected chi connectivity index (χ0v) is 15.5. The lowest BCUT2D eigenvalue weighted by Gasteiger charge is -2.13. The topological polar surface area (TPSA) is 54.6 Å². The van der Waals surface area contributed by atoms with Crippen LogP contribution < -0.4 is 5.56 Å².